The first-order chi connectivity index (χ1) is 7.79. The Labute approximate surface area is 97.1 Å². The van der Waals surface area contributed by atoms with E-state index >= 15 is 0 Å². The third-order valence-corrected chi connectivity index (χ3v) is 3.53. The zero-order valence-electron chi connectivity index (χ0n) is 9.91. The Balaban J connectivity index is 2.14. The topological polar surface area (TPSA) is 30.0 Å². The molecule has 0 bridgehead atoms. The van der Waals surface area contributed by atoms with Crippen molar-refractivity contribution < 1.29 is 4.79 Å². The Hall–Kier alpha value is -1.18. The van der Waals surface area contributed by atoms with E-state index in [0.29, 0.717) is 5.78 Å². The second-order valence-electron chi connectivity index (χ2n) is 4.74. The summed E-state index contributed by atoms with van der Waals surface area (Å²) in [6.07, 6.45) is 10.6. The first-order valence-corrected chi connectivity index (χ1v) is 6.24. The molecule has 1 aromatic heterocycles. The van der Waals surface area contributed by atoms with Crippen molar-refractivity contribution in [1.82, 2.24) is 4.98 Å². The lowest BCUT2D eigenvalue weighted by molar-refractivity contribution is 0.0907. The van der Waals surface area contributed by atoms with Crippen molar-refractivity contribution in [2.45, 2.75) is 45.4 Å². The highest BCUT2D eigenvalue weighted by Crippen LogP contribution is 2.26. The Morgan fingerprint density at radius 2 is 1.94 bits per heavy atom. The van der Waals surface area contributed by atoms with Crippen LogP contribution in [0.5, 0.6) is 0 Å². The van der Waals surface area contributed by atoms with Gasteiger partial charge in [0.1, 0.15) is 0 Å². The smallest absolute Gasteiger partial charge is 0.167 e. The zero-order chi connectivity index (χ0) is 11.4. The van der Waals surface area contributed by atoms with Crippen LogP contribution in [0.25, 0.3) is 0 Å². The van der Waals surface area contributed by atoms with Crippen LogP contribution in [0, 0.1) is 12.8 Å². The molecule has 1 aromatic rings. The summed E-state index contributed by atoms with van der Waals surface area (Å²) in [5.41, 5.74) is 1.89. The summed E-state index contributed by atoms with van der Waals surface area (Å²) >= 11 is 0. The molecule has 0 aliphatic heterocycles. The third-order valence-electron chi connectivity index (χ3n) is 3.53. The van der Waals surface area contributed by atoms with Crippen LogP contribution in [-0.2, 0) is 0 Å². The normalized spacial score (nSPS) is 18.1. The summed E-state index contributed by atoms with van der Waals surface area (Å²) in [7, 11) is 0. The van der Waals surface area contributed by atoms with Gasteiger partial charge in [-0.2, -0.15) is 0 Å². The summed E-state index contributed by atoms with van der Waals surface area (Å²) in [6, 6.07) is 1.92. The van der Waals surface area contributed by atoms with Gasteiger partial charge >= 0.3 is 0 Å². The fourth-order valence-electron chi connectivity index (χ4n) is 2.48. The molecule has 1 fully saturated rings. The van der Waals surface area contributed by atoms with Crippen molar-refractivity contribution in [3.63, 3.8) is 0 Å². The first kappa shape index (κ1) is 11.3. The van der Waals surface area contributed by atoms with Crippen molar-refractivity contribution in [3.05, 3.63) is 29.6 Å². The molecule has 86 valence electrons. The molecule has 0 aromatic carbocycles. The summed E-state index contributed by atoms with van der Waals surface area (Å²) in [4.78, 5) is 16.4. The zero-order valence-corrected chi connectivity index (χ0v) is 9.91. The van der Waals surface area contributed by atoms with E-state index in [1.54, 1.807) is 12.4 Å². The highest BCUT2D eigenvalue weighted by atomic mass is 16.1. The number of rotatable bonds is 2. The molecule has 0 atom stereocenters. The van der Waals surface area contributed by atoms with Gasteiger partial charge in [0.2, 0.25) is 0 Å². The van der Waals surface area contributed by atoms with E-state index < -0.39 is 0 Å². The number of hydrogen-bond acceptors (Lipinski definition) is 2. The average Bonchev–Trinajstić information content (AvgIpc) is 2.57. The minimum atomic E-state index is 0.241. The van der Waals surface area contributed by atoms with E-state index in [1.807, 2.05) is 13.0 Å². The maximum Gasteiger partial charge on any atom is 0.167 e. The maximum absolute atomic E-state index is 12.3. The standard InChI is InChI=1S/C14H19NO/c1-11-8-9-15-10-13(11)14(16)12-6-4-2-3-5-7-12/h8-10,12H,2-7H2,1H3. The van der Waals surface area contributed by atoms with Gasteiger partial charge in [-0.15, -0.1) is 0 Å². The molecule has 0 amide bonds. The molecule has 1 aliphatic rings. The number of ketones is 1. The molecule has 16 heavy (non-hydrogen) atoms. The molecule has 1 saturated carbocycles. The Morgan fingerprint density at radius 3 is 2.56 bits per heavy atom. The molecule has 0 saturated heterocycles. The fraction of sp³-hybridized carbons (Fsp3) is 0.571. The van der Waals surface area contributed by atoms with Gasteiger partial charge in [0.25, 0.3) is 0 Å². The summed E-state index contributed by atoms with van der Waals surface area (Å²) in [5, 5.41) is 0. The van der Waals surface area contributed by atoms with Gasteiger partial charge in [-0.05, 0) is 31.4 Å². The van der Waals surface area contributed by atoms with Crippen molar-refractivity contribution in [1.29, 1.82) is 0 Å². The first-order valence-electron chi connectivity index (χ1n) is 6.24. The molecule has 1 aliphatic carbocycles. The molecular weight excluding hydrogens is 198 g/mol. The van der Waals surface area contributed by atoms with Crippen molar-refractivity contribution in [2.75, 3.05) is 0 Å². The molecule has 0 unspecified atom stereocenters. The van der Waals surface area contributed by atoms with Crippen LogP contribution in [0.3, 0.4) is 0 Å². The number of aryl methyl sites for hydroxylation is 1. The molecule has 0 spiro atoms. The molecule has 1 heterocycles. The molecule has 2 rings (SSSR count). The average molecular weight is 217 g/mol. The van der Waals surface area contributed by atoms with Crippen LogP contribution in [0.4, 0.5) is 0 Å². The Kier molecular flexibility index (Phi) is 3.70. The lowest BCUT2D eigenvalue weighted by atomic mass is 9.90. The highest BCUT2D eigenvalue weighted by molar-refractivity contribution is 5.98. The van der Waals surface area contributed by atoms with E-state index in [0.717, 1.165) is 24.0 Å². The summed E-state index contributed by atoms with van der Waals surface area (Å²) in [6.45, 7) is 1.99. The van der Waals surface area contributed by atoms with Crippen LogP contribution in [0.15, 0.2) is 18.5 Å². The molecular formula is C14H19NO. The second kappa shape index (κ2) is 5.24. The van der Waals surface area contributed by atoms with Gasteiger partial charge in [-0.25, -0.2) is 0 Å². The van der Waals surface area contributed by atoms with E-state index in [4.69, 9.17) is 0 Å². The van der Waals surface area contributed by atoms with Crippen molar-refractivity contribution in [3.8, 4) is 0 Å². The minimum absolute atomic E-state index is 0.241. The SMILES string of the molecule is Cc1ccncc1C(=O)C1CCCCCC1. The minimum Gasteiger partial charge on any atom is -0.294 e. The Bertz CT molecular complexity index is 365. The fourth-order valence-corrected chi connectivity index (χ4v) is 2.48. The number of hydrogen-bond donors (Lipinski definition) is 0. The van der Waals surface area contributed by atoms with Gasteiger partial charge in [-0.1, -0.05) is 25.7 Å². The lowest BCUT2D eigenvalue weighted by Crippen LogP contribution is -2.15. The molecule has 2 nitrogen and oxygen atoms in total. The predicted molar refractivity (Wildman–Crippen MR) is 64.5 cm³/mol. The second-order valence-corrected chi connectivity index (χ2v) is 4.74. The maximum atomic E-state index is 12.3. The number of carbonyl (C=O) groups excluding carboxylic acids is 1. The van der Waals surface area contributed by atoms with E-state index in [2.05, 4.69) is 4.98 Å². The number of carbonyl (C=O) groups is 1. The van der Waals surface area contributed by atoms with Crippen LogP contribution >= 0.6 is 0 Å². The van der Waals surface area contributed by atoms with Gasteiger partial charge in [0, 0.05) is 23.9 Å². The van der Waals surface area contributed by atoms with Crippen molar-refractivity contribution in [2.24, 2.45) is 5.92 Å². The quantitative estimate of drug-likeness (QED) is 0.560. The molecule has 0 radical (unpaired) electrons. The van der Waals surface area contributed by atoms with E-state index in [9.17, 15) is 4.79 Å². The summed E-state index contributed by atoms with van der Waals surface area (Å²) in [5.74, 6) is 0.554. The largest absolute Gasteiger partial charge is 0.294 e. The molecule has 0 N–H and O–H groups in total. The van der Waals surface area contributed by atoms with Crippen LogP contribution < -0.4 is 0 Å². The van der Waals surface area contributed by atoms with Crippen molar-refractivity contribution >= 4 is 5.78 Å². The van der Waals surface area contributed by atoms with E-state index in [1.165, 1.54) is 25.7 Å². The number of aromatic nitrogens is 1. The van der Waals surface area contributed by atoms with Crippen LogP contribution in [0.2, 0.25) is 0 Å². The third kappa shape index (κ3) is 2.49. The lowest BCUT2D eigenvalue weighted by Gasteiger charge is -2.13. The Morgan fingerprint density at radius 1 is 1.25 bits per heavy atom. The predicted octanol–water partition coefficient (Wildman–Crippen LogP) is 3.54. The number of nitrogens with zero attached hydrogens (tertiary/aromatic N) is 1. The number of pyridine rings is 1. The number of Topliss-reactive ketones (excluding diaryl/α,β-unsaturated/α-hetero) is 1. The van der Waals surface area contributed by atoms with Gasteiger partial charge in [0.05, 0.1) is 0 Å². The van der Waals surface area contributed by atoms with Gasteiger partial charge in [-0.3, -0.25) is 9.78 Å². The van der Waals surface area contributed by atoms with Crippen LogP contribution in [-0.4, -0.2) is 10.8 Å². The van der Waals surface area contributed by atoms with Crippen LogP contribution in [0.1, 0.15) is 54.4 Å². The van der Waals surface area contributed by atoms with Gasteiger partial charge < -0.3 is 0 Å². The van der Waals surface area contributed by atoms with Gasteiger partial charge in [0.15, 0.2) is 5.78 Å². The highest BCUT2D eigenvalue weighted by Gasteiger charge is 2.22. The summed E-state index contributed by atoms with van der Waals surface area (Å²) < 4.78 is 0. The molecule has 2 heteroatoms. The monoisotopic (exact) mass is 217 g/mol. The van der Waals surface area contributed by atoms with E-state index in [-0.39, 0.29) is 5.92 Å².